The number of methoxy groups -OCH3 is 1. The summed E-state index contributed by atoms with van der Waals surface area (Å²) < 4.78 is 35.6. The van der Waals surface area contributed by atoms with E-state index in [-0.39, 0.29) is 25.4 Å². The van der Waals surface area contributed by atoms with Crippen LogP contribution in [0.4, 0.5) is 13.6 Å². The number of alkyl halides is 2. The second-order valence-electron chi connectivity index (χ2n) is 4.98. The topological polar surface area (TPSA) is 64.6 Å². The molecule has 1 N–H and O–H groups in total. The average molecular weight is 277 g/mol. The Hall–Kier alpha value is -1.40. The van der Waals surface area contributed by atoms with Crippen molar-refractivity contribution in [2.24, 2.45) is 17.8 Å². The molecule has 5 nitrogen and oxygen atoms in total. The number of carbonyl (C=O) groups excluding carboxylic acids is 2. The average Bonchev–Trinajstić information content (AvgIpc) is 2.76. The first-order chi connectivity index (χ1) is 8.91. The quantitative estimate of drug-likeness (QED) is 0.792. The third kappa shape index (κ3) is 2.50. The first kappa shape index (κ1) is 14.0. The molecule has 2 aliphatic carbocycles. The molecular weight excluding hydrogens is 260 g/mol. The second-order valence-corrected chi connectivity index (χ2v) is 4.98. The van der Waals surface area contributed by atoms with E-state index in [1.54, 1.807) is 6.92 Å². The summed E-state index contributed by atoms with van der Waals surface area (Å²) >= 11 is 0. The Bertz CT molecular complexity index is 374. The number of carbonyl (C=O) groups is 2. The number of rotatable bonds is 4. The van der Waals surface area contributed by atoms with Crippen LogP contribution >= 0.6 is 0 Å². The number of amides is 1. The van der Waals surface area contributed by atoms with Gasteiger partial charge in [-0.2, -0.15) is 0 Å². The summed E-state index contributed by atoms with van der Waals surface area (Å²) in [7, 11) is 1.18. The molecule has 0 heterocycles. The molecule has 19 heavy (non-hydrogen) atoms. The van der Waals surface area contributed by atoms with Gasteiger partial charge < -0.3 is 14.8 Å². The zero-order chi connectivity index (χ0) is 14.2. The van der Waals surface area contributed by atoms with Gasteiger partial charge in [-0.1, -0.05) is 0 Å². The predicted octanol–water partition coefficient (Wildman–Crippen LogP) is 1.57. The maximum Gasteiger partial charge on any atom is 0.407 e. The van der Waals surface area contributed by atoms with Gasteiger partial charge in [0.1, 0.15) is 6.04 Å². The number of nitrogens with one attached hydrogen (secondary N) is 1. The molecule has 0 spiro atoms. The summed E-state index contributed by atoms with van der Waals surface area (Å²) in [6, 6.07) is -0.906. The number of alkyl carbamates (subject to hydrolysis) is 1. The summed E-state index contributed by atoms with van der Waals surface area (Å²) in [4.78, 5) is 23.0. The van der Waals surface area contributed by atoms with Gasteiger partial charge in [0.05, 0.1) is 13.7 Å². The minimum absolute atomic E-state index is 0.175. The normalized spacial score (nSPS) is 32.1. The Kier molecular flexibility index (Phi) is 3.64. The van der Waals surface area contributed by atoms with Crippen LogP contribution in [0.15, 0.2) is 0 Å². The highest BCUT2D eigenvalue weighted by molar-refractivity contribution is 5.81. The molecule has 2 aliphatic rings. The Morgan fingerprint density at radius 1 is 1.37 bits per heavy atom. The molecule has 2 saturated carbocycles. The van der Waals surface area contributed by atoms with Gasteiger partial charge in [-0.15, -0.1) is 0 Å². The van der Waals surface area contributed by atoms with E-state index in [0.717, 1.165) is 0 Å². The van der Waals surface area contributed by atoms with Gasteiger partial charge in [-0.05, 0) is 25.7 Å². The molecule has 0 bridgehead atoms. The van der Waals surface area contributed by atoms with Crippen LogP contribution in [-0.4, -0.2) is 37.7 Å². The van der Waals surface area contributed by atoms with Crippen LogP contribution in [0.25, 0.3) is 0 Å². The van der Waals surface area contributed by atoms with Gasteiger partial charge in [0, 0.05) is 11.8 Å². The van der Waals surface area contributed by atoms with E-state index in [1.165, 1.54) is 7.11 Å². The van der Waals surface area contributed by atoms with Crippen molar-refractivity contribution in [3.63, 3.8) is 0 Å². The van der Waals surface area contributed by atoms with E-state index in [9.17, 15) is 18.4 Å². The van der Waals surface area contributed by atoms with Gasteiger partial charge in [0.15, 0.2) is 0 Å². The van der Waals surface area contributed by atoms with E-state index in [2.05, 4.69) is 10.1 Å². The van der Waals surface area contributed by atoms with Crippen molar-refractivity contribution in [2.75, 3.05) is 13.7 Å². The van der Waals surface area contributed by atoms with Gasteiger partial charge in [-0.3, -0.25) is 0 Å². The summed E-state index contributed by atoms with van der Waals surface area (Å²) in [5, 5.41) is 2.38. The summed E-state index contributed by atoms with van der Waals surface area (Å²) in [6.07, 6.45) is -0.304. The van der Waals surface area contributed by atoms with Crippen LogP contribution in [0.1, 0.15) is 19.8 Å². The molecule has 0 aromatic heterocycles. The van der Waals surface area contributed by atoms with E-state index in [0.29, 0.717) is 0 Å². The smallest absolute Gasteiger partial charge is 0.407 e. The first-order valence-electron chi connectivity index (χ1n) is 6.30. The molecule has 0 radical (unpaired) electrons. The number of fused-ring (bicyclic) bond motifs is 1. The lowest BCUT2D eigenvalue weighted by molar-refractivity contribution is -0.147. The molecular formula is C12H17F2NO4. The maximum atomic E-state index is 13.1. The largest absolute Gasteiger partial charge is 0.464 e. The molecule has 2 rings (SSSR count). The van der Waals surface area contributed by atoms with Crippen molar-refractivity contribution in [3.8, 4) is 0 Å². The molecule has 2 fully saturated rings. The van der Waals surface area contributed by atoms with E-state index < -0.39 is 35.9 Å². The molecule has 3 unspecified atom stereocenters. The zero-order valence-electron chi connectivity index (χ0n) is 10.8. The highest BCUT2D eigenvalue weighted by Crippen LogP contribution is 2.66. The number of halogens is 2. The highest BCUT2D eigenvalue weighted by atomic mass is 19.3. The lowest BCUT2D eigenvalue weighted by Gasteiger charge is -2.24. The Morgan fingerprint density at radius 3 is 2.42 bits per heavy atom. The highest BCUT2D eigenvalue weighted by Gasteiger charge is 2.72. The standard InChI is InChI=1S/C12H17F2NO4/c1-3-19-10(16)9(15-11(17)18-2)6-4-7-8(5-6)12(7,13)14/h6-9H,3-5H2,1-2H3,(H,15,17). The van der Waals surface area contributed by atoms with Crippen molar-refractivity contribution >= 4 is 12.1 Å². The third-order valence-electron chi connectivity index (χ3n) is 3.95. The first-order valence-corrected chi connectivity index (χ1v) is 6.30. The summed E-state index contributed by atoms with van der Waals surface area (Å²) in [5.41, 5.74) is 0. The minimum Gasteiger partial charge on any atom is -0.464 e. The summed E-state index contributed by atoms with van der Waals surface area (Å²) in [5.74, 6) is -4.82. The van der Waals surface area contributed by atoms with Crippen LogP contribution < -0.4 is 5.32 Å². The molecule has 1 amide bonds. The molecule has 108 valence electrons. The number of hydrogen-bond donors (Lipinski definition) is 1. The van der Waals surface area contributed by atoms with Crippen LogP contribution in [0.2, 0.25) is 0 Å². The second kappa shape index (κ2) is 4.94. The van der Waals surface area contributed by atoms with E-state index >= 15 is 0 Å². The van der Waals surface area contributed by atoms with Gasteiger partial charge in [0.25, 0.3) is 5.92 Å². The van der Waals surface area contributed by atoms with Crippen molar-refractivity contribution in [3.05, 3.63) is 0 Å². The van der Waals surface area contributed by atoms with Crippen molar-refractivity contribution in [2.45, 2.75) is 31.7 Å². The van der Waals surface area contributed by atoms with Gasteiger partial charge in [-0.25, -0.2) is 18.4 Å². The van der Waals surface area contributed by atoms with Crippen molar-refractivity contribution in [1.82, 2.24) is 5.32 Å². The van der Waals surface area contributed by atoms with E-state index in [1.807, 2.05) is 0 Å². The minimum atomic E-state index is -2.60. The fourth-order valence-corrected chi connectivity index (χ4v) is 2.91. The Balaban J connectivity index is 1.99. The Labute approximate surface area is 109 Å². The SMILES string of the molecule is CCOC(=O)C(NC(=O)OC)C1CC2C(C1)C2(F)F. The van der Waals surface area contributed by atoms with Crippen LogP contribution in [0, 0.1) is 17.8 Å². The van der Waals surface area contributed by atoms with E-state index in [4.69, 9.17) is 4.74 Å². The lowest BCUT2D eigenvalue weighted by Crippen LogP contribution is -2.47. The molecule has 0 aromatic carbocycles. The van der Waals surface area contributed by atoms with Gasteiger partial charge in [0.2, 0.25) is 0 Å². The zero-order valence-corrected chi connectivity index (χ0v) is 10.8. The third-order valence-corrected chi connectivity index (χ3v) is 3.95. The fourth-order valence-electron chi connectivity index (χ4n) is 2.91. The molecule has 0 saturated heterocycles. The monoisotopic (exact) mass is 277 g/mol. The van der Waals surface area contributed by atoms with Crippen molar-refractivity contribution in [1.29, 1.82) is 0 Å². The van der Waals surface area contributed by atoms with Crippen molar-refractivity contribution < 1.29 is 27.8 Å². The van der Waals surface area contributed by atoms with Crippen LogP contribution in [0.3, 0.4) is 0 Å². The number of hydrogen-bond acceptors (Lipinski definition) is 4. The maximum absolute atomic E-state index is 13.1. The Morgan fingerprint density at radius 2 is 1.95 bits per heavy atom. The van der Waals surface area contributed by atoms with Crippen LogP contribution in [0.5, 0.6) is 0 Å². The number of esters is 1. The fraction of sp³-hybridized carbons (Fsp3) is 0.833. The lowest BCUT2D eigenvalue weighted by atomic mass is 9.94. The number of ether oxygens (including phenoxy) is 2. The van der Waals surface area contributed by atoms with Crippen LogP contribution in [-0.2, 0) is 14.3 Å². The summed E-state index contributed by atoms with van der Waals surface area (Å²) in [6.45, 7) is 1.82. The van der Waals surface area contributed by atoms with Gasteiger partial charge >= 0.3 is 12.1 Å². The molecule has 0 aliphatic heterocycles. The predicted molar refractivity (Wildman–Crippen MR) is 60.6 cm³/mol. The molecule has 0 aromatic rings. The molecule has 3 atom stereocenters. The molecule has 7 heteroatoms.